The number of hydrogen-bond donors (Lipinski definition) is 2. The summed E-state index contributed by atoms with van der Waals surface area (Å²) in [6.45, 7) is 0.612. The first-order valence-corrected chi connectivity index (χ1v) is 5.69. The number of aliphatic hydroxyl groups excluding tert-OH is 1. The van der Waals surface area contributed by atoms with Crippen LogP contribution in [0.2, 0.25) is 0 Å². The Hall–Kier alpha value is -0.860. The summed E-state index contributed by atoms with van der Waals surface area (Å²) in [6.07, 6.45) is 3.83. The van der Waals surface area contributed by atoms with Crippen molar-refractivity contribution in [2.75, 3.05) is 6.54 Å². The van der Waals surface area contributed by atoms with Crippen LogP contribution in [-0.2, 0) is 6.42 Å². The maximum Gasteiger partial charge on any atom is 0.0648 e. The SMILES string of the molecule is NCC1(C(O)Cc2ccccc2)CCC1. The Kier molecular flexibility index (Phi) is 3.08. The molecule has 0 spiro atoms. The molecule has 2 rings (SSSR count). The van der Waals surface area contributed by atoms with Crippen LogP contribution in [0.15, 0.2) is 30.3 Å². The van der Waals surface area contributed by atoms with Crippen molar-refractivity contribution in [2.24, 2.45) is 11.1 Å². The van der Waals surface area contributed by atoms with Crippen LogP contribution in [0, 0.1) is 5.41 Å². The largest absolute Gasteiger partial charge is 0.392 e. The second kappa shape index (κ2) is 4.33. The van der Waals surface area contributed by atoms with Gasteiger partial charge in [0.25, 0.3) is 0 Å². The van der Waals surface area contributed by atoms with Crippen LogP contribution in [0.5, 0.6) is 0 Å². The van der Waals surface area contributed by atoms with Gasteiger partial charge in [-0.25, -0.2) is 0 Å². The molecular weight excluding hydrogens is 186 g/mol. The Labute approximate surface area is 91.1 Å². The Morgan fingerprint density at radius 2 is 1.93 bits per heavy atom. The van der Waals surface area contributed by atoms with E-state index in [1.165, 1.54) is 12.0 Å². The van der Waals surface area contributed by atoms with Crippen molar-refractivity contribution in [3.05, 3.63) is 35.9 Å². The van der Waals surface area contributed by atoms with Crippen LogP contribution in [0.4, 0.5) is 0 Å². The van der Waals surface area contributed by atoms with Gasteiger partial charge < -0.3 is 10.8 Å². The smallest absolute Gasteiger partial charge is 0.0648 e. The van der Waals surface area contributed by atoms with E-state index in [4.69, 9.17) is 5.73 Å². The first kappa shape index (κ1) is 10.7. The minimum atomic E-state index is -0.279. The summed E-state index contributed by atoms with van der Waals surface area (Å²) in [4.78, 5) is 0. The molecule has 1 atom stereocenters. The molecule has 0 saturated heterocycles. The highest BCUT2D eigenvalue weighted by molar-refractivity contribution is 5.16. The summed E-state index contributed by atoms with van der Waals surface area (Å²) in [5.74, 6) is 0. The lowest BCUT2D eigenvalue weighted by Crippen LogP contribution is -2.48. The Morgan fingerprint density at radius 1 is 1.27 bits per heavy atom. The second-order valence-electron chi connectivity index (χ2n) is 4.63. The average molecular weight is 205 g/mol. The summed E-state index contributed by atoms with van der Waals surface area (Å²) >= 11 is 0. The van der Waals surface area contributed by atoms with E-state index in [2.05, 4.69) is 12.1 Å². The van der Waals surface area contributed by atoms with Crippen molar-refractivity contribution in [2.45, 2.75) is 31.8 Å². The van der Waals surface area contributed by atoms with Gasteiger partial charge in [0.05, 0.1) is 6.10 Å². The molecule has 0 heterocycles. The lowest BCUT2D eigenvalue weighted by Gasteiger charge is -2.44. The molecule has 1 aromatic carbocycles. The van der Waals surface area contributed by atoms with Gasteiger partial charge in [0.2, 0.25) is 0 Å². The zero-order valence-electron chi connectivity index (χ0n) is 9.02. The van der Waals surface area contributed by atoms with E-state index in [1.54, 1.807) is 0 Å². The van der Waals surface area contributed by atoms with E-state index in [0.717, 1.165) is 19.3 Å². The summed E-state index contributed by atoms with van der Waals surface area (Å²) < 4.78 is 0. The minimum Gasteiger partial charge on any atom is -0.392 e. The van der Waals surface area contributed by atoms with Gasteiger partial charge >= 0.3 is 0 Å². The number of benzene rings is 1. The highest BCUT2D eigenvalue weighted by Gasteiger charge is 2.41. The van der Waals surface area contributed by atoms with Crippen molar-refractivity contribution < 1.29 is 5.11 Å². The highest BCUT2D eigenvalue weighted by atomic mass is 16.3. The van der Waals surface area contributed by atoms with Gasteiger partial charge in [-0.1, -0.05) is 36.8 Å². The third kappa shape index (κ3) is 2.06. The molecule has 0 radical (unpaired) electrons. The molecule has 0 bridgehead atoms. The number of hydrogen-bond acceptors (Lipinski definition) is 2. The summed E-state index contributed by atoms with van der Waals surface area (Å²) in [5, 5.41) is 10.2. The predicted molar refractivity (Wildman–Crippen MR) is 61.5 cm³/mol. The molecule has 82 valence electrons. The Morgan fingerprint density at radius 3 is 2.40 bits per heavy atom. The molecule has 1 saturated carbocycles. The van der Waals surface area contributed by atoms with Crippen LogP contribution in [0.25, 0.3) is 0 Å². The fourth-order valence-electron chi connectivity index (χ4n) is 2.36. The minimum absolute atomic E-state index is 0.00976. The zero-order chi connectivity index (χ0) is 10.7. The van der Waals surface area contributed by atoms with E-state index in [9.17, 15) is 5.11 Å². The summed E-state index contributed by atoms with van der Waals surface area (Å²) in [6, 6.07) is 10.1. The van der Waals surface area contributed by atoms with Gasteiger partial charge in [-0.2, -0.15) is 0 Å². The molecule has 2 nitrogen and oxygen atoms in total. The molecule has 1 fully saturated rings. The van der Waals surface area contributed by atoms with Crippen LogP contribution < -0.4 is 5.73 Å². The molecule has 3 N–H and O–H groups in total. The standard InChI is InChI=1S/C13H19NO/c14-10-13(7-4-8-13)12(15)9-11-5-2-1-3-6-11/h1-3,5-6,12,15H,4,7-10,14H2. The molecule has 0 aliphatic heterocycles. The van der Waals surface area contributed by atoms with Gasteiger partial charge in [-0.05, 0) is 24.8 Å². The van der Waals surface area contributed by atoms with Crippen LogP contribution in [0.3, 0.4) is 0 Å². The highest BCUT2D eigenvalue weighted by Crippen LogP contribution is 2.43. The molecule has 1 aliphatic rings. The fourth-order valence-corrected chi connectivity index (χ4v) is 2.36. The van der Waals surface area contributed by atoms with Crippen molar-refractivity contribution in [1.82, 2.24) is 0 Å². The summed E-state index contributed by atoms with van der Waals surface area (Å²) in [7, 11) is 0. The van der Waals surface area contributed by atoms with Crippen molar-refractivity contribution in [3.8, 4) is 0 Å². The Bertz CT molecular complexity index is 300. The third-order valence-corrected chi connectivity index (χ3v) is 3.73. The van der Waals surface area contributed by atoms with Crippen LogP contribution in [-0.4, -0.2) is 17.8 Å². The van der Waals surface area contributed by atoms with E-state index in [1.807, 2.05) is 18.2 Å². The molecular formula is C13H19NO. The van der Waals surface area contributed by atoms with Gasteiger partial charge in [0, 0.05) is 12.0 Å². The quantitative estimate of drug-likeness (QED) is 0.786. The van der Waals surface area contributed by atoms with E-state index in [-0.39, 0.29) is 11.5 Å². The van der Waals surface area contributed by atoms with Crippen LogP contribution >= 0.6 is 0 Å². The maximum absolute atomic E-state index is 10.2. The lowest BCUT2D eigenvalue weighted by molar-refractivity contribution is -0.0268. The molecule has 15 heavy (non-hydrogen) atoms. The Balaban J connectivity index is 2.00. The maximum atomic E-state index is 10.2. The van der Waals surface area contributed by atoms with E-state index in [0.29, 0.717) is 6.54 Å². The summed E-state index contributed by atoms with van der Waals surface area (Å²) in [5.41, 5.74) is 6.97. The molecule has 1 aromatic rings. The lowest BCUT2D eigenvalue weighted by atomic mass is 9.64. The fraction of sp³-hybridized carbons (Fsp3) is 0.538. The number of rotatable bonds is 4. The normalized spacial score (nSPS) is 20.7. The van der Waals surface area contributed by atoms with Crippen molar-refractivity contribution >= 4 is 0 Å². The van der Waals surface area contributed by atoms with Gasteiger partial charge in [0.15, 0.2) is 0 Å². The van der Waals surface area contributed by atoms with E-state index >= 15 is 0 Å². The first-order valence-electron chi connectivity index (χ1n) is 5.69. The number of aliphatic hydroxyl groups is 1. The van der Waals surface area contributed by atoms with Gasteiger partial charge in [0.1, 0.15) is 0 Å². The zero-order valence-corrected chi connectivity index (χ0v) is 9.02. The average Bonchev–Trinajstić information content (AvgIpc) is 2.18. The third-order valence-electron chi connectivity index (χ3n) is 3.73. The molecule has 2 heteroatoms. The van der Waals surface area contributed by atoms with Crippen LogP contribution in [0.1, 0.15) is 24.8 Å². The van der Waals surface area contributed by atoms with Gasteiger partial charge in [-0.3, -0.25) is 0 Å². The first-order chi connectivity index (χ1) is 7.27. The molecule has 0 aromatic heterocycles. The monoisotopic (exact) mass is 205 g/mol. The number of nitrogens with two attached hydrogens (primary N) is 1. The van der Waals surface area contributed by atoms with E-state index < -0.39 is 0 Å². The molecule has 0 amide bonds. The van der Waals surface area contributed by atoms with Crippen molar-refractivity contribution in [1.29, 1.82) is 0 Å². The topological polar surface area (TPSA) is 46.2 Å². The molecule has 1 unspecified atom stereocenters. The predicted octanol–water partition coefficient (Wildman–Crippen LogP) is 1.72. The second-order valence-corrected chi connectivity index (χ2v) is 4.63. The van der Waals surface area contributed by atoms with Gasteiger partial charge in [-0.15, -0.1) is 0 Å². The molecule has 1 aliphatic carbocycles. The van der Waals surface area contributed by atoms with Crippen molar-refractivity contribution in [3.63, 3.8) is 0 Å².